The lowest BCUT2D eigenvalue weighted by Crippen LogP contribution is -2.18. The predicted octanol–water partition coefficient (Wildman–Crippen LogP) is 3.23. The molecule has 0 aliphatic carbocycles. The number of rotatable bonds is 7. The molecule has 1 saturated heterocycles. The van der Waals surface area contributed by atoms with Gasteiger partial charge in [-0.3, -0.25) is 14.9 Å². The number of nitro groups is 1. The molecule has 0 saturated carbocycles. The molecule has 3 rings (SSSR count). The van der Waals surface area contributed by atoms with Crippen molar-refractivity contribution in [2.24, 2.45) is 0 Å². The van der Waals surface area contributed by atoms with Crippen molar-refractivity contribution in [3.8, 4) is 0 Å². The third-order valence-electron chi connectivity index (χ3n) is 4.94. The first-order valence-electron chi connectivity index (χ1n) is 9.10. The Morgan fingerprint density at radius 3 is 2.71 bits per heavy atom. The molecule has 1 aromatic heterocycles. The van der Waals surface area contributed by atoms with Gasteiger partial charge in [0.25, 0.3) is 5.69 Å². The van der Waals surface area contributed by atoms with Crippen LogP contribution in [0.2, 0.25) is 0 Å². The van der Waals surface area contributed by atoms with Crippen LogP contribution in [0.5, 0.6) is 0 Å². The lowest BCUT2D eigenvalue weighted by molar-refractivity contribution is -0.385. The molecule has 2 heterocycles. The van der Waals surface area contributed by atoms with E-state index in [1.54, 1.807) is 6.07 Å². The standard InChI is InChI=1S/C20H22N2O6/c1-13-10-17(14(2)21(13)11-15-6-5-9-27-15)19(23)12-28-20(24)16-7-3-4-8-18(16)22(25)26/h3-4,7-8,10,15H,5-6,9,11-12H2,1-2H3/t15-/m1/s1. The van der Waals surface area contributed by atoms with Gasteiger partial charge in [-0.15, -0.1) is 0 Å². The van der Waals surface area contributed by atoms with Crippen LogP contribution in [0.1, 0.15) is 44.9 Å². The van der Waals surface area contributed by atoms with E-state index in [2.05, 4.69) is 0 Å². The summed E-state index contributed by atoms with van der Waals surface area (Å²) in [7, 11) is 0. The zero-order valence-corrected chi connectivity index (χ0v) is 15.8. The number of carbonyl (C=O) groups excluding carboxylic acids is 2. The van der Waals surface area contributed by atoms with Crippen LogP contribution in [0.15, 0.2) is 30.3 Å². The molecule has 1 atom stereocenters. The lowest BCUT2D eigenvalue weighted by atomic mass is 10.1. The van der Waals surface area contributed by atoms with Gasteiger partial charge in [-0.05, 0) is 38.8 Å². The van der Waals surface area contributed by atoms with E-state index < -0.39 is 17.5 Å². The van der Waals surface area contributed by atoms with E-state index in [1.807, 2.05) is 18.4 Å². The first-order valence-corrected chi connectivity index (χ1v) is 9.10. The molecule has 8 heteroatoms. The van der Waals surface area contributed by atoms with Gasteiger partial charge in [0.1, 0.15) is 5.56 Å². The van der Waals surface area contributed by atoms with Gasteiger partial charge in [0.2, 0.25) is 5.78 Å². The van der Waals surface area contributed by atoms with Crippen LogP contribution in [-0.2, 0) is 16.0 Å². The van der Waals surface area contributed by atoms with Gasteiger partial charge < -0.3 is 14.0 Å². The molecular formula is C20H22N2O6. The lowest BCUT2D eigenvalue weighted by Gasteiger charge is -2.14. The van der Waals surface area contributed by atoms with Gasteiger partial charge in [-0.1, -0.05) is 12.1 Å². The minimum absolute atomic E-state index is 0.143. The number of nitro benzene ring substituents is 1. The maximum Gasteiger partial charge on any atom is 0.345 e. The van der Waals surface area contributed by atoms with Crippen molar-refractivity contribution < 1.29 is 24.0 Å². The molecule has 0 spiro atoms. The molecule has 1 aliphatic rings. The zero-order valence-electron chi connectivity index (χ0n) is 15.8. The third kappa shape index (κ3) is 4.12. The molecule has 1 fully saturated rings. The molecule has 28 heavy (non-hydrogen) atoms. The fourth-order valence-electron chi connectivity index (χ4n) is 3.45. The summed E-state index contributed by atoms with van der Waals surface area (Å²) < 4.78 is 12.7. The zero-order chi connectivity index (χ0) is 20.3. The number of carbonyl (C=O) groups is 2. The normalized spacial score (nSPS) is 16.1. The highest BCUT2D eigenvalue weighted by Gasteiger charge is 2.24. The Hall–Kier alpha value is -3.00. The number of esters is 1. The second kappa shape index (κ2) is 8.35. The summed E-state index contributed by atoms with van der Waals surface area (Å²) in [5.74, 6) is -1.24. The smallest absolute Gasteiger partial charge is 0.345 e. The molecule has 8 nitrogen and oxygen atoms in total. The highest BCUT2D eigenvalue weighted by Crippen LogP contribution is 2.22. The Balaban J connectivity index is 1.68. The average molecular weight is 386 g/mol. The summed E-state index contributed by atoms with van der Waals surface area (Å²) in [5.41, 5.74) is 1.67. The fourth-order valence-corrected chi connectivity index (χ4v) is 3.45. The van der Waals surface area contributed by atoms with Gasteiger partial charge in [0.15, 0.2) is 6.61 Å². The minimum atomic E-state index is -0.895. The summed E-state index contributed by atoms with van der Waals surface area (Å²) in [6.45, 7) is 4.73. The van der Waals surface area contributed by atoms with E-state index >= 15 is 0 Å². The van der Waals surface area contributed by atoms with Gasteiger partial charge in [-0.25, -0.2) is 4.79 Å². The second-order valence-electron chi connectivity index (χ2n) is 6.80. The number of benzene rings is 1. The number of Topliss-reactive ketones (excluding diaryl/α,β-unsaturated/α-hetero) is 1. The van der Waals surface area contributed by atoms with Crippen molar-refractivity contribution in [3.05, 3.63) is 63.0 Å². The van der Waals surface area contributed by atoms with Gasteiger partial charge in [0.05, 0.1) is 11.0 Å². The van der Waals surface area contributed by atoms with E-state index in [9.17, 15) is 19.7 Å². The molecule has 1 aromatic carbocycles. The van der Waals surface area contributed by atoms with Crippen LogP contribution >= 0.6 is 0 Å². The monoisotopic (exact) mass is 386 g/mol. The van der Waals surface area contributed by atoms with Crippen LogP contribution in [0, 0.1) is 24.0 Å². The molecule has 0 amide bonds. The predicted molar refractivity (Wildman–Crippen MR) is 101 cm³/mol. The van der Waals surface area contributed by atoms with Crippen LogP contribution in [0.3, 0.4) is 0 Å². The maximum atomic E-state index is 12.6. The van der Waals surface area contributed by atoms with Gasteiger partial charge in [0, 0.05) is 36.2 Å². The third-order valence-corrected chi connectivity index (χ3v) is 4.94. The second-order valence-corrected chi connectivity index (χ2v) is 6.80. The minimum Gasteiger partial charge on any atom is -0.454 e. The molecule has 2 aromatic rings. The first-order chi connectivity index (χ1) is 13.4. The van der Waals surface area contributed by atoms with Gasteiger partial charge >= 0.3 is 5.97 Å². The van der Waals surface area contributed by atoms with Crippen molar-refractivity contribution in [2.45, 2.75) is 39.3 Å². The summed E-state index contributed by atoms with van der Waals surface area (Å²) in [6, 6.07) is 7.26. The number of aromatic nitrogens is 1. The van der Waals surface area contributed by atoms with Crippen molar-refractivity contribution >= 4 is 17.4 Å². The number of hydrogen-bond donors (Lipinski definition) is 0. The first kappa shape index (κ1) is 19.8. The Morgan fingerprint density at radius 2 is 2.04 bits per heavy atom. The van der Waals surface area contributed by atoms with Crippen LogP contribution in [-0.4, -0.2) is 40.6 Å². The van der Waals surface area contributed by atoms with Crippen LogP contribution < -0.4 is 0 Å². The number of nitrogens with zero attached hydrogens (tertiary/aromatic N) is 2. The highest BCUT2D eigenvalue weighted by atomic mass is 16.6. The van der Waals surface area contributed by atoms with Crippen molar-refractivity contribution in [1.29, 1.82) is 0 Å². The highest BCUT2D eigenvalue weighted by molar-refractivity contribution is 6.01. The molecule has 0 N–H and O–H groups in total. The molecule has 148 valence electrons. The Bertz CT molecular complexity index is 911. The van der Waals surface area contributed by atoms with Crippen molar-refractivity contribution in [2.75, 3.05) is 13.2 Å². The molecule has 0 bridgehead atoms. The number of ether oxygens (including phenoxy) is 2. The molecule has 0 unspecified atom stereocenters. The SMILES string of the molecule is Cc1cc(C(=O)COC(=O)c2ccccc2[N+](=O)[O-])c(C)n1C[C@H]1CCCO1. The maximum absolute atomic E-state index is 12.6. The molecular weight excluding hydrogens is 364 g/mol. The van der Waals surface area contributed by atoms with E-state index in [-0.39, 0.29) is 23.1 Å². The average Bonchev–Trinajstić information content (AvgIpc) is 3.29. The van der Waals surface area contributed by atoms with E-state index in [0.29, 0.717) is 12.1 Å². The number of hydrogen-bond acceptors (Lipinski definition) is 6. The van der Waals surface area contributed by atoms with E-state index in [0.717, 1.165) is 30.8 Å². The summed E-state index contributed by atoms with van der Waals surface area (Å²) in [5, 5.41) is 11.0. The summed E-state index contributed by atoms with van der Waals surface area (Å²) in [6.07, 6.45) is 2.18. The Kier molecular flexibility index (Phi) is 5.89. The van der Waals surface area contributed by atoms with E-state index in [4.69, 9.17) is 9.47 Å². The summed E-state index contributed by atoms with van der Waals surface area (Å²) >= 11 is 0. The van der Waals surface area contributed by atoms with E-state index in [1.165, 1.54) is 24.3 Å². The van der Waals surface area contributed by atoms with Crippen LogP contribution in [0.4, 0.5) is 5.69 Å². The fraction of sp³-hybridized carbons (Fsp3) is 0.400. The molecule has 0 radical (unpaired) electrons. The number of ketones is 1. The topological polar surface area (TPSA) is 101 Å². The number of aryl methyl sites for hydroxylation is 1. The summed E-state index contributed by atoms with van der Waals surface area (Å²) in [4.78, 5) is 35.1. The van der Waals surface area contributed by atoms with Crippen molar-refractivity contribution in [3.63, 3.8) is 0 Å². The quantitative estimate of drug-likeness (QED) is 0.313. The largest absolute Gasteiger partial charge is 0.454 e. The Labute approximate surface area is 162 Å². The Morgan fingerprint density at radius 1 is 1.29 bits per heavy atom. The molecule has 1 aliphatic heterocycles. The number of para-hydroxylation sites is 1. The van der Waals surface area contributed by atoms with Gasteiger partial charge in [-0.2, -0.15) is 0 Å². The van der Waals surface area contributed by atoms with Crippen LogP contribution in [0.25, 0.3) is 0 Å². The van der Waals surface area contributed by atoms with Crippen molar-refractivity contribution in [1.82, 2.24) is 4.57 Å².